The number of nitrogens with two attached hydrogens (primary N) is 1. The van der Waals surface area contributed by atoms with Crippen molar-refractivity contribution in [1.82, 2.24) is 0 Å². The first-order valence-electron chi connectivity index (χ1n) is 5.96. The van der Waals surface area contributed by atoms with Crippen molar-refractivity contribution in [3.8, 4) is 5.75 Å². The Hall–Kier alpha value is -0.970. The number of hydrogen-bond donors (Lipinski definition) is 2. The zero-order valence-electron chi connectivity index (χ0n) is 11.3. The largest absolute Gasteiger partial charge is 0.489 e. The summed E-state index contributed by atoms with van der Waals surface area (Å²) in [6.45, 7) is 5.70. The van der Waals surface area contributed by atoms with Crippen LogP contribution in [-0.4, -0.2) is 18.1 Å². The quantitative estimate of drug-likeness (QED) is 0.878. The third-order valence-corrected chi connectivity index (χ3v) is 2.63. The highest BCUT2D eigenvalue weighted by atomic mass is 35.5. The van der Waals surface area contributed by atoms with Crippen molar-refractivity contribution >= 4 is 35.6 Å². The number of anilines is 1. The van der Waals surface area contributed by atoms with Crippen LogP contribution in [0.4, 0.5) is 5.69 Å². The van der Waals surface area contributed by atoms with E-state index < -0.39 is 6.04 Å². The van der Waals surface area contributed by atoms with E-state index in [0.29, 0.717) is 22.9 Å². The molecule has 0 aliphatic rings. The lowest BCUT2D eigenvalue weighted by atomic mass is 10.2. The molecular formula is C13H20Cl2N2O2. The van der Waals surface area contributed by atoms with E-state index in [2.05, 4.69) is 5.32 Å². The first kappa shape index (κ1) is 18.0. The molecule has 4 nitrogen and oxygen atoms in total. The minimum atomic E-state index is -0.504. The Morgan fingerprint density at radius 3 is 2.58 bits per heavy atom. The van der Waals surface area contributed by atoms with Crippen molar-refractivity contribution in [1.29, 1.82) is 0 Å². The molecule has 0 aromatic heterocycles. The van der Waals surface area contributed by atoms with Gasteiger partial charge in [-0.2, -0.15) is 0 Å². The van der Waals surface area contributed by atoms with Crippen LogP contribution in [0.2, 0.25) is 5.02 Å². The molecule has 0 aliphatic heterocycles. The van der Waals surface area contributed by atoms with Crippen molar-refractivity contribution in [2.45, 2.75) is 39.3 Å². The SMILES string of the molecule is CC[C@H](N)C(=O)Nc1ccc(OC(C)C)c(Cl)c1.Cl. The van der Waals surface area contributed by atoms with Crippen molar-refractivity contribution in [2.75, 3.05) is 5.32 Å². The lowest BCUT2D eigenvalue weighted by Crippen LogP contribution is -2.34. The van der Waals surface area contributed by atoms with Crippen LogP contribution >= 0.6 is 24.0 Å². The smallest absolute Gasteiger partial charge is 0.241 e. The molecule has 1 aromatic rings. The molecule has 0 radical (unpaired) electrons. The number of ether oxygens (including phenoxy) is 1. The monoisotopic (exact) mass is 306 g/mol. The standard InChI is InChI=1S/C13H19ClN2O2.ClH/c1-4-11(15)13(17)16-9-5-6-12(10(14)7-9)18-8(2)3;/h5-8,11H,4,15H2,1-3H3,(H,16,17);1H/t11-;/m0./s1. The molecule has 1 aromatic carbocycles. The van der Waals surface area contributed by atoms with E-state index in [9.17, 15) is 4.79 Å². The lowest BCUT2D eigenvalue weighted by molar-refractivity contribution is -0.117. The van der Waals surface area contributed by atoms with Crippen LogP contribution < -0.4 is 15.8 Å². The van der Waals surface area contributed by atoms with Gasteiger partial charge in [0.2, 0.25) is 5.91 Å². The van der Waals surface area contributed by atoms with Crippen LogP contribution in [0.5, 0.6) is 5.75 Å². The molecule has 0 bridgehead atoms. The van der Waals surface area contributed by atoms with E-state index in [-0.39, 0.29) is 24.4 Å². The number of amides is 1. The summed E-state index contributed by atoms with van der Waals surface area (Å²) < 4.78 is 5.50. The van der Waals surface area contributed by atoms with Gasteiger partial charge in [-0.3, -0.25) is 4.79 Å². The molecule has 0 heterocycles. The number of hydrogen-bond acceptors (Lipinski definition) is 3. The summed E-state index contributed by atoms with van der Waals surface area (Å²) in [6, 6.07) is 4.62. The van der Waals surface area contributed by atoms with E-state index in [0.717, 1.165) is 0 Å². The van der Waals surface area contributed by atoms with Gasteiger partial charge in [0.15, 0.2) is 0 Å². The molecule has 0 saturated carbocycles. The maximum Gasteiger partial charge on any atom is 0.241 e. The van der Waals surface area contributed by atoms with Gasteiger partial charge in [-0.15, -0.1) is 12.4 Å². The van der Waals surface area contributed by atoms with Gasteiger partial charge in [0.25, 0.3) is 0 Å². The average molecular weight is 307 g/mol. The van der Waals surface area contributed by atoms with Crippen LogP contribution in [0, 0.1) is 0 Å². The molecule has 0 fully saturated rings. The maximum atomic E-state index is 11.6. The van der Waals surface area contributed by atoms with Crippen LogP contribution in [0.3, 0.4) is 0 Å². The Labute approximate surface area is 125 Å². The fraction of sp³-hybridized carbons (Fsp3) is 0.462. The second-order valence-electron chi connectivity index (χ2n) is 4.32. The normalized spacial score (nSPS) is 11.7. The second kappa shape index (κ2) is 8.25. The Bertz CT molecular complexity index is 425. The zero-order valence-corrected chi connectivity index (χ0v) is 12.8. The minimum Gasteiger partial charge on any atom is -0.489 e. The van der Waals surface area contributed by atoms with Crippen molar-refractivity contribution in [2.24, 2.45) is 5.73 Å². The summed E-state index contributed by atoms with van der Waals surface area (Å²) in [4.78, 5) is 11.6. The molecule has 1 rings (SSSR count). The number of nitrogens with one attached hydrogen (secondary N) is 1. The molecule has 0 unspecified atom stereocenters. The summed E-state index contributed by atoms with van der Waals surface area (Å²) in [5, 5.41) is 3.17. The van der Waals surface area contributed by atoms with Gasteiger partial charge < -0.3 is 15.8 Å². The van der Waals surface area contributed by atoms with Crippen molar-refractivity contribution in [3.63, 3.8) is 0 Å². The maximum absolute atomic E-state index is 11.6. The fourth-order valence-electron chi connectivity index (χ4n) is 1.35. The van der Waals surface area contributed by atoms with Gasteiger partial charge in [-0.25, -0.2) is 0 Å². The number of halogens is 2. The first-order chi connectivity index (χ1) is 8.43. The molecule has 1 amide bonds. The second-order valence-corrected chi connectivity index (χ2v) is 4.72. The minimum absolute atomic E-state index is 0. The predicted octanol–water partition coefficient (Wildman–Crippen LogP) is 3.22. The van der Waals surface area contributed by atoms with Gasteiger partial charge >= 0.3 is 0 Å². The number of carbonyl (C=O) groups is 1. The van der Waals surface area contributed by atoms with E-state index in [4.69, 9.17) is 22.1 Å². The molecule has 0 aliphatic carbocycles. The van der Waals surface area contributed by atoms with Crippen LogP contribution in [0.25, 0.3) is 0 Å². The zero-order chi connectivity index (χ0) is 13.7. The van der Waals surface area contributed by atoms with Crippen molar-refractivity contribution < 1.29 is 9.53 Å². The molecule has 0 spiro atoms. The molecule has 19 heavy (non-hydrogen) atoms. The predicted molar refractivity (Wildman–Crippen MR) is 81.4 cm³/mol. The van der Waals surface area contributed by atoms with Crippen LogP contribution in [0.15, 0.2) is 18.2 Å². The van der Waals surface area contributed by atoms with Crippen LogP contribution in [0.1, 0.15) is 27.2 Å². The van der Waals surface area contributed by atoms with Gasteiger partial charge in [-0.1, -0.05) is 18.5 Å². The molecule has 6 heteroatoms. The average Bonchev–Trinajstić information content (AvgIpc) is 2.31. The van der Waals surface area contributed by atoms with Gasteiger partial charge in [0.1, 0.15) is 5.75 Å². The van der Waals surface area contributed by atoms with Gasteiger partial charge in [0.05, 0.1) is 17.2 Å². The topological polar surface area (TPSA) is 64.4 Å². The molecule has 1 atom stereocenters. The Morgan fingerprint density at radius 2 is 2.11 bits per heavy atom. The van der Waals surface area contributed by atoms with Gasteiger partial charge in [0, 0.05) is 5.69 Å². The number of benzene rings is 1. The summed E-state index contributed by atoms with van der Waals surface area (Å²) in [5.41, 5.74) is 6.24. The summed E-state index contributed by atoms with van der Waals surface area (Å²) in [7, 11) is 0. The Morgan fingerprint density at radius 1 is 1.47 bits per heavy atom. The third-order valence-electron chi connectivity index (χ3n) is 2.34. The highest BCUT2D eigenvalue weighted by Crippen LogP contribution is 2.28. The summed E-state index contributed by atoms with van der Waals surface area (Å²) >= 11 is 6.06. The first-order valence-corrected chi connectivity index (χ1v) is 6.34. The highest BCUT2D eigenvalue weighted by Gasteiger charge is 2.12. The molecular weight excluding hydrogens is 287 g/mol. The van der Waals surface area contributed by atoms with E-state index in [1.807, 2.05) is 20.8 Å². The van der Waals surface area contributed by atoms with Crippen molar-refractivity contribution in [3.05, 3.63) is 23.2 Å². The summed E-state index contributed by atoms with van der Waals surface area (Å²) in [5.74, 6) is 0.385. The number of carbonyl (C=O) groups excluding carboxylic acids is 1. The molecule has 0 saturated heterocycles. The highest BCUT2D eigenvalue weighted by molar-refractivity contribution is 6.32. The van der Waals surface area contributed by atoms with E-state index in [1.54, 1.807) is 18.2 Å². The molecule has 108 valence electrons. The Kier molecular flexibility index (Phi) is 7.83. The van der Waals surface area contributed by atoms with E-state index in [1.165, 1.54) is 0 Å². The number of rotatable bonds is 5. The Balaban J connectivity index is 0.00000324. The van der Waals surface area contributed by atoms with Crippen LogP contribution in [-0.2, 0) is 4.79 Å². The summed E-state index contributed by atoms with van der Waals surface area (Å²) in [6.07, 6.45) is 0.644. The lowest BCUT2D eigenvalue weighted by Gasteiger charge is -2.14. The fourth-order valence-corrected chi connectivity index (χ4v) is 1.57. The molecule has 3 N–H and O–H groups in total. The van der Waals surface area contributed by atoms with E-state index >= 15 is 0 Å². The van der Waals surface area contributed by atoms with Gasteiger partial charge in [-0.05, 0) is 38.5 Å². The third kappa shape index (κ3) is 5.68.